The Kier molecular flexibility index (Phi) is 4.49. The van der Waals surface area contributed by atoms with Gasteiger partial charge in [-0.2, -0.15) is 5.10 Å². The van der Waals surface area contributed by atoms with Gasteiger partial charge in [0, 0.05) is 24.2 Å². The zero-order chi connectivity index (χ0) is 12.1. The van der Waals surface area contributed by atoms with Crippen LogP contribution in [-0.2, 0) is 4.79 Å². The molecule has 0 aliphatic rings. The highest BCUT2D eigenvalue weighted by Gasteiger charge is 2.10. The lowest BCUT2D eigenvalue weighted by Crippen LogP contribution is -2.26. The van der Waals surface area contributed by atoms with E-state index < -0.39 is 0 Å². The number of H-pyrrole nitrogens is 1. The smallest absolute Gasteiger partial charge is 0.227 e. The molecule has 5 heteroatoms. The maximum atomic E-state index is 11.5. The van der Waals surface area contributed by atoms with Crippen LogP contribution < -0.4 is 11.1 Å². The Morgan fingerprint density at radius 1 is 1.62 bits per heavy atom. The molecule has 1 rings (SSSR count). The molecule has 0 aromatic carbocycles. The normalized spacial score (nSPS) is 12.8. The van der Waals surface area contributed by atoms with Crippen LogP contribution in [0.4, 0.5) is 5.82 Å². The van der Waals surface area contributed by atoms with Gasteiger partial charge in [-0.25, -0.2) is 0 Å². The summed E-state index contributed by atoms with van der Waals surface area (Å²) in [5, 5.41) is 9.62. The summed E-state index contributed by atoms with van der Waals surface area (Å²) in [6, 6.07) is 1.77. The highest BCUT2D eigenvalue weighted by molar-refractivity contribution is 5.90. The standard InChI is InChI=1S/C11H20N4O/c1-4-8(12)5-11(16)13-10-6-9(7(2)3)14-15-10/h6-8H,4-5,12H2,1-3H3,(H2,13,14,15,16). The number of carbonyl (C=O) groups is 1. The molecule has 16 heavy (non-hydrogen) atoms. The maximum Gasteiger partial charge on any atom is 0.227 e. The molecular formula is C11H20N4O. The number of hydrogen-bond acceptors (Lipinski definition) is 3. The van der Waals surface area contributed by atoms with Crippen LogP contribution in [0.5, 0.6) is 0 Å². The summed E-state index contributed by atoms with van der Waals surface area (Å²) in [7, 11) is 0. The van der Waals surface area contributed by atoms with Crippen LogP contribution in [0.25, 0.3) is 0 Å². The lowest BCUT2D eigenvalue weighted by Gasteiger charge is -2.07. The first kappa shape index (κ1) is 12.7. The van der Waals surface area contributed by atoms with Crippen LogP contribution in [0, 0.1) is 0 Å². The zero-order valence-electron chi connectivity index (χ0n) is 10.1. The molecule has 4 N–H and O–H groups in total. The van der Waals surface area contributed by atoms with Crippen LogP contribution in [0.3, 0.4) is 0 Å². The fraction of sp³-hybridized carbons (Fsp3) is 0.636. The molecule has 0 bridgehead atoms. The quantitative estimate of drug-likeness (QED) is 0.710. The Labute approximate surface area is 95.8 Å². The Bertz CT molecular complexity index is 346. The second kappa shape index (κ2) is 5.65. The van der Waals surface area contributed by atoms with Gasteiger partial charge in [0.05, 0.1) is 0 Å². The van der Waals surface area contributed by atoms with E-state index in [4.69, 9.17) is 5.73 Å². The topological polar surface area (TPSA) is 83.8 Å². The third-order valence-electron chi connectivity index (χ3n) is 2.46. The minimum absolute atomic E-state index is 0.0801. The van der Waals surface area contributed by atoms with Gasteiger partial charge in [-0.05, 0) is 12.3 Å². The summed E-state index contributed by atoms with van der Waals surface area (Å²) < 4.78 is 0. The Morgan fingerprint density at radius 3 is 2.81 bits per heavy atom. The SMILES string of the molecule is CCC(N)CC(=O)Nc1cc(C(C)C)[nH]n1. The van der Waals surface area contributed by atoms with Gasteiger partial charge in [0.15, 0.2) is 5.82 Å². The van der Waals surface area contributed by atoms with Crippen molar-refractivity contribution in [2.24, 2.45) is 5.73 Å². The number of nitrogens with zero attached hydrogens (tertiary/aromatic N) is 1. The molecule has 0 spiro atoms. The van der Waals surface area contributed by atoms with Gasteiger partial charge in [0.1, 0.15) is 0 Å². The Morgan fingerprint density at radius 2 is 2.31 bits per heavy atom. The summed E-state index contributed by atoms with van der Waals surface area (Å²) in [6.07, 6.45) is 1.13. The van der Waals surface area contributed by atoms with Crippen LogP contribution in [0.2, 0.25) is 0 Å². The molecule has 0 aliphatic carbocycles. The van der Waals surface area contributed by atoms with E-state index in [9.17, 15) is 4.79 Å². The zero-order valence-corrected chi connectivity index (χ0v) is 10.1. The molecule has 1 aromatic heterocycles. The van der Waals surface area contributed by atoms with Crippen molar-refractivity contribution in [1.29, 1.82) is 0 Å². The summed E-state index contributed by atoms with van der Waals surface area (Å²) in [5.74, 6) is 0.851. The molecule has 1 heterocycles. The largest absolute Gasteiger partial charge is 0.327 e. The van der Waals surface area contributed by atoms with E-state index in [-0.39, 0.29) is 11.9 Å². The molecule has 0 radical (unpaired) electrons. The van der Waals surface area contributed by atoms with E-state index in [1.807, 2.05) is 13.0 Å². The van der Waals surface area contributed by atoms with Gasteiger partial charge in [-0.3, -0.25) is 9.89 Å². The molecule has 0 fully saturated rings. The molecular weight excluding hydrogens is 204 g/mol. The van der Waals surface area contributed by atoms with E-state index in [1.165, 1.54) is 0 Å². The van der Waals surface area contributed by atoms with Crippen molar-refractivity contribution in [3.63, 3.8) is 0 Å². The first-order chi connectivity index (χ1) is 7.52. The van der Waals surface area contributed by atoms with Gasteiger partial charge in [0.2, 0.25) is 5.91 Å². The lowest BCUT2D eigenvalue weighted by molar-refractivity contribution is -0.116. The summed E-state index contributed by atoms with van der Waals surface area (Å²) >= 11 is 0. The maximum absolute atomic E-state index is 11.5. The third kappa shape index (κ3) is 3.66. The van der Waals surface area contributed by atoms with Gasteiger partial charge >= 0.3 is 0 Å². The van der Waals surface area contributed by atoms with Gasteiger partial charge in [-0.1, -0.05) is 20.8 Å². The summed E-state index contributed by atoms with van der Waals surface area (Å²) in [6.45, 7) is 6.08. The number of amides is 1. The first-order valence-electron chi connectivity index (χ1n) is 5.63. The minimum Gasteiger partial charge on any atom is -0.327 e. The molecule has 1 unspecified atom stereocenters. The lowest BCUT2D eigenvalue weighted by atomic mass is 10.1. The fourth-order valence-corrected chi connectivity index (χ4v) is 1.27. The number of hydrogen-bond donors (Lipinski definition) is 3. The predicted octanol–water partition coefficient (Wildman–Crippen LogP) is 1.60. The minimum atomic E-state index is -0.0869. The first-order valence-corrected chi connectivity index (χ1v) is 5.63. The van der Waals surface area contributed by atoms with Crippen molar-refractivity contribution in [3.05, 3.63) is 11.8 Å². The second-order valence-electron chi connectivity index (χ2n) is 4.28. The van der Waals surface area contributed by atoms with Crippen LogP contribution in [0.1, 0.15) is 45.2 Å². The average Bonchev–Trinajstić information content (AvgIpc) is 2.65. The number of aromatic amines is 1. The monoisotopic (exact) mass is 224 g/mol. The third-order valence-corrected chi connectivity index (χ3v) is 2.46. The van der Waals surface area contributed by atoms with Crippen molar-refractivity contribution >= 4 is 11.7 Å². The molecule has 0 aliphatic heterocycles. The van der Waals surface area contributed by atoms with Crippen LogP contribution >= 0.6 is 0 Å². The highest BCUT2D eigenvalue weighted by atomic mass is 16.1. The van der Waals surface area contributed by atoms with E-state index in [0.717, 1.165) is 12.1 Å². The molecule has 5 nitrogen and oxygen atoms in total. The molecule has 1 atom stereocenters. The van der Waals surface area contributed by atoms with E-state index in [0.29, 0.717) is 18.2 Å². The van der Waals surface area contributed by atoms with Gasteiger partial charge < -0.3 is 11.1 Å². The second-order valence-corrected chi connectivity index (χ2v) is 4.28. The number of aromatic nitrogens is 2. The number of carbonyl (C=O) groups excluding carboxylic acids is 1. The van der Waals surface area contributed by atoms with Crippen molar-refractivity contribution in [2.45, 2.75) is 45.6 Å². The number of rotatable bonds is 5. The van der Waals surface area contributed by atoms with Crippen LogP contribution in [-0.4, -0.2) is 22.1 Å². The van der Waals surface area contributed by atoms with Crippen molar-refractivity contribution in [2.75, 3.05) is 5.32 Å². The number of nitrogens with two attached hydrogens (primary N) is 1. The molecule has 0 saturated heterocycles. The van der Waals surface area contributed by atoms with Crippen molar-refractivity contribution < 1.29 is 4.79 Å². The Balaban J connectivity index is 2.50. The fourth-order valence-electron chi connectivity index (χ4n) is 1.27. The molecule has 90 valence electrons. The molecule has 0 saturated carbocycles. The van der Waals surface area contributed by atoms with Crippen molar-refractivity contribution in [1.82, 2.24) is 10.2 Å². The van der Waals surface area contributed by atoms with E-state index in [2.05, 4.69) is 29.4 Å². The Hall–Kier alpha value is -1.36. The van der Waals surface area contributed by atoms with Gasteiger partial charge in [0.25, 0.3) is 0 Å². The number of anilines is 1. The average molecular weight is 224 g/mol. The van der Waals surface area contributed by atoms with Crippen molar-refractivity contribution in [3.8, 4) is 0 Å². The molecule has 1 aromatic rings. The van der Waals surface area contributed by atoms with E-state index in [1.54, 1.807) is 0 Å². The number of nitrogens with one attached hydrogen (secondary N) is 2. The highest BCUT2D eigenvalue weighted by Crippen LogP contribution is 2.14. The van der Waals surface area contributed by atoms with Gasteiger partial charge in [-0.15, -0.1) is 0 Å². The summed E-state index contributed by atoms with van der Waals surface area (Å²) in [5.41, 5.74) is 6.70. The predicted molar refractivity (Wildman–Crippen MR) is 64.2 cm³/mol. The van der Waals surface area contributed by atoms with Crippen LogP contribution in [0.15, 0.2) is 6.07 Å². The van der Waals surface area contributed by atoms with E-state index >= 15 is 0 Å². The molecule has 1 amide bonds. The summed E-state index contributed by atoms with van der Waals surface area (Å²) in [4.78, 5) is 11.5.